The van der Waals surface area contributed by atoms with Gasteiger partial charge in [-0.2, -0.15) is 5.06 Å². The van der Waals surface area contributed by atoms with Crippen molar-refractivity contribution in [2.24, 2.45) is 0 Å². The average molecular weight is 437 g/mol. The number of amides is 1. The molecule has 124 valence electrons. The van der Waals surface area contributed by atoms with Crippen molar-refractivity contribution in [1.82, 2.24) is 5.06 Å². The summed E-state index contributed by atoms with van der Waals surface area (Å²) in [6.45, 7) is 0.537. The number of hydroxylamine groups is 2. The summed E-state index contributed by atoms with van der Waals surface area (Å²) in [7, 11) is 1.61. The van der Waals surface area contributed by atoms with Gasteiger partial charge in [0.15, 0.2) is 0 Å². The topological polar surface area (TPSA) is 48.0 Å². The van der Waals surface area contributed by atoms with Crippen molar-refractivity contribution < 1.29 is 19.1 Å². The van der Waals surface area contributed by atoms with E-state index in [-0.39, 0.29) is 6.61 Å². The van der Waals surface area contributed by atoms with Crippen molar-refractivity contribution in [1.29, 1.82) is 0 Å². The highest BCUT2D eigenvalue weighted by Crippen LogP contribution is 2.35. The van der Waals surface area contributed by atoms with Gasteiger partial charge in [0.1, 0.15) is 19.0 Å². The maximum atomic E-state index is 12.4. The highest BCUT2D eigenvalue weighted by Gasteiger charge is 2.30. The molecule has 24 heavy (non-hydrogen) atoms. The molecule has 2 aromatic rings. The van der Waals surface area contributed by atoms with Gasteiger partial charge in [0.05, 0.1) is 12.8 Å². The van der Waals surface area contributed by atoms with Gasteiger partial charge in [0.2, 0.25) is 0 Å². The largest absolute Gasteiger partial charge is 0.497 e. The highest BCUT2D eigenvalue weighted by atomic mass is 127. The molecule has 0 bridgehead atoms. The van der Waals surface area contributed by atoms with Crippen LogP contribution in [0.15, 0.2) is 58.2 Å². The van der Waals surface area contributed by atoms with E-state index in [0.29, 0.717) is 18.1 Å². The summed E-state index contributed by atoms with van der Waals surface area (Å²) >= 11 is 2.17. The SMILES string of the molecule is COc1cccc(C2=C(I)CON2C(=O)OCc2ccccc2)c1. The Labute approximate surface area is 153 Å². The van der Waals surface area contributed by atoms with Crippen molar-refractivity contribution in [2.45, 2.75) is 6.61 Å². The molecule has 1 aliphatic rings. The van der Waals surface area contributed by atoms with Crippen molar-refractivity contribution >= 4 is 34.4 Å². The molecular weight excluding hydrogens is 421 g/mol. The summed E-state index contributed by atoms with van der Waals surface area (Å²) in [4.78, 5) is 17.9. The van der Waals surface area contributed by atoms with Gasteiger partial charge in [0.25, 0.3) is 0 Å². The minimum atomic E-state index is -0.539. The van der Waals surface area contributed by atoms with E-state index in [2.05, 4.69) is 22.6 Å². The first-order chi connectivity index (χ1) is 11.7. The molecule has 0 spiro atoms. The van der Waals surface area contributed by atoms with Gasteiger partial charge in [-0.3, -0.25) is 4.84 Å². The van der Waals surface area contributed by atoms with E-state index in [1.54, 1.807) is 7.11 Å². The maximum Gasteiger partial charge on any atom is 0.439 e. The average Bonchev–Trinajstić information content (AvgIpc) is 3.02. The Morgan fingerprint density at radius 3 is 2.75 bits per heavy atom. The number of halogens is 1. The van der Waals surface area contributed by atoms with E-state index in [4.69, 9.17) is 14.3 Å². The van der Waals surface area contributed by atoms with Crippen molar-refractivity contribution in [2.75, 3.05) is 13.7 Å². The zero-order chi connectivity index (χ0) is 16.9. The standard InChI is InChI=1S/C18H16INO4/c1-22-15-9-5-8-14(10-15)17-16(19)12-24-20(17)18(21)23-11-13-6-3-2-4-7-13/h2-10H,11-12H2,1H3. The molecule has 0 saturated heterocycles. The van der Waals surface area contributed by atoms with Crippen molar-refractivity contribution in [3.63, 3.8) is 0 Å². The first-order valence-electron chi connectivity index (χ1n) is 7.36. The molecule has 6 heteroatoms. The van der Waals surface area contributed by atoms with Crippen LogP contribution < -0.4 is 4.74 Å². The summed E-state index contributed by atoms with van der Waals surface area (Å²) in [6.07, 6.45) is -0.539. The molecule has 1 heterocycles. The van der Waals surface area contributed by atoms with E-state index < -0.39 is 6.09 Å². The van der Waals surface area contributed by atoms with Gasteiger partial charge < -0.3 is 9.47 Å². The molecule has 0 unspecified atom stereocenters. The molecule has 1 aliphatic heterocycles. The third-order valence-electron chi connectivity index (χ3n) is 3.49. The molecule has 5 nitrogen and oxygen atoms in total. The lowest BCUT2D eigenvalue weighted by Gasteiger charge is -2.18. The van der Waals surface area contributed by atoms with Gasteiger partial charge in [-0.25, -0.2) is 4.79 Å². The summed E-state index contributed by atoms with van der Waals surface area (Å²) in [5.41, 5.74) is 2.45. The normalized spacial score (nSPS) is 14.0. The van der Waals surface area contributed by atoms with E-state index in [1.807, 2.05) is 54.6 Å². The first-order valence-corrected chi connectivity index (χ1v) is 8.43. The lowest BCUT2D eigenvalue weighted by atomic mass is 10.1. The van der Waals surface area contributed by atoms with Gasteiger partial charge in [-0.1, -0.05) is 42.5 Å². The Balaban J connectivity index is 1.76. The molecule has 0 radical (unpaired) electrons. The summed E-state index contributed by atoms with van der Waals surface area (Å²) in [5, 5.41) is 1.21. The van der Waals surface area contributed by atoms with Gasteiger partial charge in [-0.15, -0.1) is 0 Å². The number of nitrogens with zero attached hydrogens (tertiary/aromatic N) is 1. The van der Waals surface area contributed by atoms with Crippen LogP contribution in [0, 0.1) is 0 Å². The minimum absolute atomic E-state index is 0.196. The number of carbonyl (C=O) groups excluding carboxylic acids is 1. The number of ether oxygens (including phenoxy) is 2. The molecule has 0 fully saturated rings. The number of methoxy groups -OCH3 is 1. The second-order valence-electron chi connectivity index (χ2n) is 5.09. The van der Waals surface area contributed by atoms with Crippen LogP contribution in [0.3, 0.4) is 0 Å². The van der Waals surface area contributed by atoms with Crippen LogP contribution in [-0.4, -0.2) is 24.9 Å². The number of hydrogen-bond donors (Lipinski definition) is 0. The lowest BCUT2D eigenvalue weighted by molar-refractivity contribution is -0.0691. The maximum absolute atomic E-state index is 12.4. The zero-order valence-corrected chi connectivity index (χ0v) is 15.2. The Morgan fingerprint density at radius 2 is 2.00 bits per heavy atom. The summed E-state index contributed by atoms with van der Waals surface area (Å²) in [5.74, 6) is 0.716. The first kappa shape index (κ1) is 16.8. The smallest absolute Gasteiger partial charge is 0.439 e. The molecule has 1 amide bonds. The number of benzene rings is 2. The van der Waals surface area contributed by atoms with Gasteiger partial charge in [-0.05, 0) is 40.3 Å². The molecule has 0 aromatic heterocycles. The minimum Gasteiger partial charge on any atom is -0.497 e. The fraction of sp³-hybridized carbons (Fsp3) is 0.167. The molecule has 0 saturated carbocycles. The van der Waals surface area contributed by atoms with Crippen molar-refractivity contribution in [3.8, 4) is 5.75 Å². The predicted octanol–water partition coefficient (Wildman–Crippen LogP) is 4.38. The Hall–Kier alpha value is -2.06. The van der Waals surface area contributed by atoms with Crippen LogP contribution in [0.2, 0.25) is 0 Å². The van der Waals surface area contributed by atoms with Crippen molar-refractivity contribution in [3.05, 3.63) is 69.3 Å². The predicted molar refractivity (Wildman–Crippen MR) is 98.4 cm³/mol. The molecule has 0 aliphatic carbocycles. The van der Waals surface area contributed by atoms with E-state index in [9.17, 15) is 4.79 Å². The second kappa shape index (κ2) is 7.67. The van der Waals surface area contributed by atoms with Crippen LogP contribution in [0.1, 0.15) is 11.1 Å². The molecule has 0 atom stereocenters. The third kappa shape index (κ3) is 3.70. The second-order valence-corrected chi connectivity index (χ2v) is 6.40. The zero-order valence-electron chi connectivity index (χ0n) is 13.1. The van der Waals surface area contributed by atoms with Crippen LogP contribution >= 0.6 is 22.6 Å². The third-order valence-corrected chi connectivity index (χ3v) is 4.32. The summed E-state index contributed by atoms with van der Waals surface area (Å²) in [6, 6.07) is 17.0. The Kier molecular flexibility index (Phi) is 5.37. The molecular formula is C18H16INO4. The van der Waals surface area contributed by atoms with Crippen LogP contribution in [0.25, 0.3) is 5.70 Å². The van der Waals surface area contributed by atoms with Gasteiger partial charge >= 0.3 is 6.09 Å². The fourth-order valence-corrected chi connectivity index (χ4v) is 3.00. The van der Waals surface area contributed by atoms with Gasteiger partial charge in [0, 0.05) is 9.14 Å². The number of rotatable bonds is 4. The molecule has 2 aromatic carbocycles. The lowest BCUT2D eigenvalue weighted by Crippen LogP contribution is -2.27. The fourth-order valence-electron chi connectivity index (χ4n) is 2.33. The number of carbonyl (C=O) groups is 1. The quantitative estimate of drug-likeness (QED) is 0.667. The number of hydrogen-bond acceptors (Lipinski definition) is 4. The Bertz CT molecular complexity index is 761. The summed E-state index contributed by atoms with van der Waals surface area (Å²) < 4.78 is 11.5. The van der Waals surface area contributed by atoms with E-state index >= 15 is 0 Å². The molecule has 3 rings (SSSR count). The van der Waals surface area contributed by atoms with Crippen LogP contribution in [0.4, 0.5) is 4.79 Å². The van der Waals surface area contributed by atoms with E-state index in [1.165, 1.54) is 5.06 Å². The Morgan fingerprint density at radius 1 is 1.21 bits per heavy atom. The van der Waals surface area contributed by atoms with Crippen LogP contribution in [-0.2, 0) is 16.2 Å². The van der Waals surface area contributed by atoms with E-state index in [0.717, 1.165) is 14.7 Å². The highest BCUT2D eigenvalue weighted by molar-refractivity contribution is 14.1. The molecule has 0 N–H and O–H groups in total. The van der Waals surface area contributed by atoms with Crippen LogP contribution in [0.5, 0.6) is 5.75 Å². The monoisotopic (exact) mass is 437 g/mol.